The molecule has 1 aromatic heterocycles. The van der Waals surface area contributed by atoms with Gasteiger partial charge in [0.1, 0.15) is 10.9 Å². The van der Waals surface area contributed by atoms with Crippen molar-refractivity contribution in [3.05, 3.63) is 71.5 Å². The first kappa shape index (κ1) is 17.5. The monoisotopic (exact) mass is 369 g/mol. The van der Waals surface area contributed by atoms with Crippen LogP contribution in [0.3, 0.4) is 0 Å². The number of nitrogens with zero attached hydrogens (tertiary/aromatic N) is 2. The highest BCUT2D eigenvalue weighted by molar-refractivity contribution is 7.99. The molecule has 0 radical (unpaired) electrons. The summed E-state index contributed by atoms with van der Waals surface area (Å²) in [5.74, 6) is 0.793. The van der Waals surface area contributed by atoms with E-state index in [9.17, 15) is 4.79 Å². The number of hydrogen-bond acceptors (Lipinski definition) is 4. The summed E-state index contributed by atoms with van der Waals surface area (Å²) >= 11 is 7.42. The molecule has 0 fully saturated rings. The number of benzene rings is 2. The van der Waals surface area contributed by atoms with Crippen molar-refractivity contribution in [1.29, 1.82) is 0 Å². The molecule has 0 saturated carbocycles. The molecule has 1 amide bonds. The van der Waals surface area contributed by atoms with Gasteiger partial charge in [0.25, 0.3) is 0 Å². The smallest absolute Gasteiger partial charge is 0.234 e. The van der Waals surface area contributed by atoms with E-state index in [1.807, 2.05) is 55.5 Å². The molecule has 0 aliphatic heterocycles. The van der Waals surface area contributed by atoms with Gasteiger partial charge in [0, 0.05) is 5.56 Å². The minimum Gasteiger partial charge on any atom is -0.324 e. The molecule has 4 nitrogen and oxygen atoms in total. The maximum Gasteiger partial charge on any atom is 0.234 e. The molecule has 0 aliphatic rings. The van der Waals surface area contributed by atoms with Gasteiger partial charge >= 0.3 is 0 Å². The van der Waals surface area contributed by atoms with Crippen LogP contribution in [0.2, 0.25) is 5.02 Å². The van der Waals surface area contributed by atoms with Crippen LogP contribution in [-0.2, 0) is 4.79 Å². The predicted octanol–water partition coefficient (Wildman–Crippen LogP) is 4.84. The SMILES string of the molecule is Cc1nc(SCC(=O)Nc2ccccc2Cl)cc(-c2ccccc2)n1. The van der Waals surface area contributed by atoms with Crippen LogP contribution < -0.4 is 5.32 Å². The number of carbonyl (C=O) groups excluding carboxylic acids is 1. The number of para-hydroxylation sites is 1. The standard InChI is InChI=1S/C19H16ClN3OS/c1-13-21-17(14-7-3-2-4-8-14)11-19(22-13)25-12-18(24)23-16-10-6-5-9-15(16)20/h2-11H,12H2,1H3,(H,23,24). The number of aryl methyl sites for hydroxylation is 1. The van der Waals surface area contributed by atoms with Gasteiger partial charge < -0.3 is 5.32 Å². The van der Waals surface area contributed by atoms with Crippen molar-refractivity contribution < 1.29 is 4.79 Å². The second-order valence-electron chi connectivity index (χ2n) is 5.32. The van der Waals surface area contributed by atoms with Gasteiger partial charge in [0.2, 0.25) is 5.91 Å². The van der Waals surface area contributed by atoms with Gasteiger partial charge in [-0.3, -0.25) is 4.79 Å². The van der Waals surface area contributed by atoms with E-state index >= 15 is 0 Å². The molecular formula is C19H16ClN3OS. The fraction of sp³-hybridized carbons (Fsp3) is 0.105. The lowest BCUT2D eigenvalue weighted by Crippen LogP contribution is -2.14. The molecule has 3 aromatic rings. The van der Waals surface area contributed by atoms with E-state index in [0.29, 0.717) is 16.5 Å². The second-order valence-corrected chi connectivity index (χ2v) is 6.72. The highest BCUT2D eigenvalue weighted by atomic mass is 35.5. The Balaban J connectivity index is 1.68. The van der Waals surface area contributed by atoms with E-state index in [2.05, 4.69) is 15.3 Å². The number of halogens is 1. The summed E-state index contributed by atoms with van der Waals surface area (Å²) in [6, 6.07) is 19.0. The minimum atomic E-state index is -0.129. The third kappa shape index (κ3) is 4.81. The Kier molecular flexibility index (Phi) is 5.68. The maximum atomic E-state index is 12.1. The lowest BCUT2D eigenvalue weighted by Gasteiger charge is -2.08. The lowest BCUT2D eigenvalue weighted by atomic mass is 10.1. The number of nitrogens with one attached hydrogen (secondary N) is 1. The van der Waals surface area contributed by atoms with E-state index in [1.165, 1.54) is 11.8 Å². The van der Waals surface area contributed by atoms with Gasteiger partial charge in [-0.2, -0.15) is 0 Å². The third-order valence-electron chi connectivity index (χ3n) is 3.38. The summed E-state index contributed by atoms with van der Waals surface area (Å²) < 4.78 is 0. The van der Waals surface area contributed by atoms with Crippen LogP contribution in [0.15, 0.2) is 65.7 Å². The van der Waals surface area contributed by atoms with E-state index < -0.39 is 0 Å². The van der Waals surface area contributed by atoms with Crippen molar-refractivity contribution in [2.45, 2.75) is 11.9 Å². The first-order chi connectivity index (χ1) is 12.1. The Bertz CT molecular complexity index is 887. The van der Waals surface area contributed by atoms with Gasteiger partial charge in [-0.15, -0.1) is 0 Å². The van der Waals surface area contributed by atoms with Crippen molar-refractivity contribution in [2.24, 2.45) is 0 Å². The molecule has 0 atom stereocenters. The Morgan fingerprint density at radius 3 is 2.56 bits per heavy atom. The highest BCUT2D eigenvalue weighted by Gasteiger charge is 2.09. The van der Waals surface area contributed by atoms with Gasteiger partial charge in [-0.1, -0.05) is 65.8 Å². The highest BCUT2D eigenvalue weighted by Crippen LogP contribution is 2.24. The van der Waals surface area contributed by atoms with Gasteiger partial charge in [-0.25, -0.2) is 9.97 Å². The molecular weight excluding hydrogens is 354 g/mol. The van der Waals surface area contributed by atoms with Crippen LogP contribution in [0.25, 0.3) is 11.3 Å². The summed E-state index contributed by atoms with van der Waals surface area (Å²) in [7, 11) is 0. The summed E-state index contributed by atoms with van der Waals surface area (Å²) in [4.78, 5) is 21.0. The topological polar surface area (TPSA) is 54.9 Å². The number of hydrogen-bond donors (Lipinski definition) is 1. The zero-order valence-corrected chi connectivity index (χ0v) is 15.1. The fourth-order valence-corrected chi connectivity index (χ4v) is 3.19. The first-order valence-electron chi connectivity index (χ1n) is 7.70. The van der Waals surface area contributed by atoms with E-state index in [0.717, 1.165) is 16.3 Å². The molecule has 1 N–H and O–H groups in total. The number of carbonyl (C=O) groups is 1. The van der Waals surface area contributed by atoms with Crippen LogP contribution in [0.4, 0.5) is 5.69 Å². The molecule has 126 valence electrons. The third-order valence-corrected chi connectivity index (χ3v) is 4.62. The zero-order valence-electron chi connectivity index (χ0n) is 13.6. The molecule has 0 spiro atoms. The molecule has 0 unspecified atom stereocenters. The van der Waals surface area contributed by atoms with E-state index in [1.54, 1.807) is 12.1 Å². The van der Waals surface area contributed by atoms with Gasteiger partial charge in [0.05, 0.1) is 22.2 Å². The second kappa shape index (κ2) is 8.14. The average molecular weight is 370 g/mol. The molecule has 0 bridgehead atoms. The van der Waals surface area contributed by atoms with Crippen molar-refractivity contribution >= 4 is 35.0 Å². The summed E-state index contributed by atoms with van der Waals surface area (Å²) in [6.07, 6.45) is 0. The van der Waals surface area contributed by atoms with Crippen molar-refractivity contribution in [2.75, 3.05) is 11.1 Å². The fourth-order valence-electron chi connectivity index (χ4n) is 2.26. The largest absolute Gasteiger partial charge is 0.324 e. The van der Waals surface area contributed by atoms with Crippen LogP contribution in [-0.4, -0.2) is 21.6 Å². The normalized spacial score (nSPS) is 10.5. The van der Waals surface area contributed by atoms with Crippen LogP contribution in [0.5, 0.6) is 0 Å². The molecule has 6 heteroatoms. The van der Waals surface area contributed by atoms with Crippen molar-refractivity contribution in [3.63, 3.8) is 0 Å². The summed E-state index contributed by atoms with van der Waals surface area (Å²) in [6.45, 7) is 1.85. The summed E-state index contributed by atoms with van der Waals surface area (Å²) in [5.41, 5.74) is 2.48. The Hall–Kier alpha value is -2.37. The van der Waals surface area contributed by atoms with E-state index in [-0.39, 0.29) is 11.7 Å². The molecule has 25 heavy (non-hydrogen) atoms. The van der Waals surface area contributed by atoms with Crippen LogP contribution in [0.1, 0.15) is 5.82 Å². The predicted molar refractivity (Wildman–Crippen MR) is 103 cm³/mol. The first-order valence-corrected chi connectivity index (χ1v) is 9.06. The maximum absolute atomic E-state index is 12.1. The molecule has 2 aromatic carbocycles. The number of rotatable bonds is 5. The molecule has 0 saturated heterocycles. The summed E-state index contributed by atoms with van der Waals surface area (Å²) in [5, 5.41) is 4.09. The number of thioether (sulfide) groups is 1. The zero-order chi connectivity index (χ0) is 17.6. The average Bonchev–Trinajstić information content (AvgIpc) is 2.62. The van der Waals surface area contributed by atoms with Crippen LogP contribution >= 0.6 is 23.4 Å². The van der Waals surface area contributed by atoms with Crippen LogP contribution in [0, 0.1) is 6.92 Å². The van der Waals surface area contributed by atoms with Gasteiger partial charge in [-0.05, 0) is 25.1 Å². The van der Waals surface area contributed by atoms with E-state index in [4.69, 9.17) is 11.6 Å². The molecule has 1 heterocycles. The molecule has 3 rings (SSSR count). The Labute approximate surface area is 155 Å². The Morgan fingerprint density at radius 2 is 1.80 bits per heavy atom. The quantitative estimate of drug-likeness (QED) is 0.516. The van der Waals surface area contributed by atoms with Crippen molar-refractivity contribution in [1.82, 2.24) is 9.97 Å². The Morgan fingerprint density at radius 1 is 1.08 bits per heavy atom. The van der Waals surface area contributed by atoms with Gasteiger partial charge in [0.15, 0.2) is 0 Å². The van der Waals surface area contributed by atoms with Crippen molar-refractivity contribution in [3.8, 4) is 11.3 Å². The number of anilines is 1. The number of aromatic nitrogens is 2. The minimum absolute atomic E-state index is 0.129. The molecule has 0 aliphatic carbocycles. The lowest BCUT2D eigenvalue weighted by molar-refractivity contribution is -0.113. The number of amides is 1.